The molecule has 0 radical (unpaired) electrons. The van der Waals surface area contributed by atoms with Crippen molar-refractivity contribution in [1.82, 2.24) is 10.2 Å². The molecule has 0 saturated heterocycles. The molecule has 2 aromatic rings. The summed E-state index contributed by atoms with van der Waals surface area (Å²) < 4.78 is 6.40. The quantitative estimate of drug-likeness (QED) is 0.341. The van der Waals surface area contributed by atoms with Gasteiger partial charge >= 0.3 is 0 Å². The Bertz CT molecular complexity index is 1010. The van der Waals surface area contributed by atoms with Gasteiger partial charge in [-0.05, 0) is 71.1 Å². The van der Waals surface area contributed by atoms with E-state index in [2.05, 4.69) is 21.2 Å². The van der Waals surface area contributed by atoms with Crippen molar-refractivity contribution in [2.75, 3.05) is 6.61 Å². The minimum absolute atomic E-state index is 0.146. The molecule has 1 aliphatic rings. The van der Waals surface area contributed by atoms with Gasteiger partial charge < -0.3 is 15.0 Å². The summed E-state index contributed by atoms with van der Waals surface area (Å²) in [7, 11) is 0. The number of hydrogen-bond acceptors (Lipinski definition) is 3. The summed E-state index contributed by atoms with van der Waals surface area (Å²) in [5.74, 6) is 0.0148. The lowest BCUT2D eigenvalue weighted by Crippen LogP contribution is -2.52. The summed E-state index contributed by atoms with van der Waals surface area (Å²) in [4.78, 5) is 28.2. The van der Waals surface area contributed by atoms with Crippen LogP contribution in [0.25, 0.3) is 0 Å². The second-order valence-electron chi connectivity index (χ2n) is 8.39. The third kappa shape index (κ3) is 7.51. The van der Waals surface area contributed by atoms with Crippen LogP contribution in [0.2, 0.25) is 15.1 Å². The zero-order chi connectivity index (χ0) is 24.7. The van der Waals surface area contributed by atoms with Crippen LogP contribution in [0.3, 0.4) is 0 Å². The first-order valence-electron chi connectivity index (χ1n) is 11.4. The Morgan fingerprint density at radius 1 is 1.09 bits per heavy atom. The molecule has 5 nitrogen and oxygen atoms in total. The van der Waals surface area contributed by atoms with Gasteiger partial charge in [-0.1, -0.05) is 67.1 Å². The van der Waals surface area contributed by atoms with Gasteiger partial charge in [0.25, 0.3) is 5.91 Å². The summed E-state index contributed by atoms with van der Waals surface area (Å²) >= 11 is 21.8. The Morgan fingerprint density at radius 3 is 2.41 bits per heavy atom. The average molecular weight is 591 g/mol. The fourth-order valence-corrected chi connectivity index (χ4v) is 5.38. The van der Waals surface area contributed by atoms with E-state index in [-0.39, 0.29) is 31.0 Å². The molecule has 0 bridgehead atoms. The maximum Gasteiger partial charge on any atom is 0.261 e. The normalized spacial score (nSPS) is 15.0. The Hall–Kier alpha value is -1.47. The maximum atomic E-state index is 13.4. The van der Waals surface area contributed by atoms with Gasteiger partial charge in [-0.15, -0.1) is 0 Å². The van der Waals surface area contributed by atoms with Crippen LogP contribution in [0.4, 0.5) is 0 Å². The van der Waals surface area contributed by atoms with E-state index in [1.807, 2.05) is 6.92 Å². The zero-order valence-corrected chi connectivity index (χ0v) is 22.8. The van der Waals surface area contributed by atoms with Gasteiger partial charge in [0.05, 0.1) is 4.47 Å². The molecule has 2 aromatic carbocycles. The minimum atomic E-state index is -0.654. The molecule has 1 aliphatic carbocycles. The first kappa shape index (κ1) is 27.1. The number of benzene rings is 2. The average Bonchev–Trinajstić information content (AvgIpc) is 2.80. The van der Waals surface area contributed by atoms with Crippen LogP contribution >= 0.6 is 50.7 Å². The number of hydrogen-bond donors (Lipinski definition) is 1. The Kier molecular flexibility index (Phi) is 10.4. The van der Waals surface area contributed by atoms with Crippen LogP contribution in [-0.2, 0) is 16.1 Å². The number of carbonyl (C=O) groups is 2. The van der Waals surface area contributed by atoms with E-state index in [9.17, 15) is 9.59 Å². The van der Waals surface area contributed by atoms with E-state index < -0.39 is 6.04 Å². The van der Waals surface area contributed by atoms with Gasteiger partial charge in [-0.3, -0.25) is 9.59 Å². The van der Waals surface area contributed by atoms with Gasteiger partial charge in [0.2, 0.25) is 5.91 Å². The highest BCUT2D eigenvalue weighted by molar-refractivity contribution is 9.10. The summed E-state index contributed by atoms with van der Waals surface area (Å²) in [6.45, 7) is 1.82. The lowest BCUT2D eigenvalue weighted by atomic mass is 9.95. The monoisotopic (exact) mass is 588 g/mol. The molecule has 0 spiro atoms. The highest BCUT2D eigenvalue weighted by Crippen LogP contribution is 2.29. The highest BCUT2D eigenvalue weighted by atomic mass is 79.9. The Labute approximate surface area is 224 Å². The third-order valence-corrected chi connectivity index (χ3v) is 7.38. The predicted molar refractivity (Wildman–Crippen MR) is 141 cm³/mol. The largest absolute Gasteiger partial charge is 0.483 e. The van der Waals surface area contributed by atoms with E-state index >= 15 is 0 Å². The summed E-state index contributed by atoms with van der Waals surface area (Å²) in [6, 6.07) is 9.68. The van der Waals surface area contributed by atoms with E-state index in [0.717, 1.165) is 25.7 Å². The van der Waals surface area contributed by atoms with Crippen molar-refractivity contribution in [3.63, 3.8) is 0 Å². The van der Waals surface area contributed by atoms with Crippen molar-refractivity contribution in [2.45, 2.75) is 64.1 Å². The molecule has 3 rings (SSSR count). The molecule has 2 amide bonds. The smallest absolute Gasteiger partial charge is 0.261 e. The molecule has 184 valence electrons. The van der Waals surface area contributed by atoms with Gasteiger partial charge in [-0.2, -0.15) is 0 Å². The number of nitrogens with zero attached hydrogens (tertiary/aromatic N) is 1. The van der Waals surface area contributed by atoms with Crippen LogP contribution in [0.1, 0.15) is 51.0 Å². The molecule has 1 saturated carbocycles. The van der Waals surface area contributed by atoms with Gasteiger partial charge in [0.15, 0.2) is 6.61 Å². The number of ether oxygens (including phenoxy) is 1. The summed E-state index contributed by atoms with van der Waals surface area (Å²) in [5, 5.41) is 4.65. The van der Waals surface area contributed by atoms with Crippen molar-refractivity contribution in [3.05, 3.63) is 61.5 Å². The number of carbonyl (C=O) groups excluding carboxylic acids is 2. The molecule has 1 unspecified atom stereocenters. The fraction of sp³-hybridized carbons (Fsp3) is 0.440. The first-order chi connectivity index (χ1) is 16.3. The van der Waals surface area contributed by atoms with Crippen molar-refractivity contribution in [2.24, 2.45) is 0 Å². The van der Waals surface area contributed by atoms with Crippen LogP contribution in [-0.4, -0.2) is 35.4 Å². The number of nitrogens with one attached hydrogen (secondary N) is 1. The standard InChI is InChI=1S/C25H28BrCl3N2O3/c1-2-22(25(33)30-19-6-4-3-5-7-19)31(14-16-8-9-18(28)13-21(16)29)24(32)15-34-23-11-10-17(27)12-20(23)26/h8-13,19,22H,2-7,14-15H2,1H3,(H,30,33). The maximum absolute atomic E-state index is 13.4. The lowest BCUT2D eigenvalue weighted by molar-refractivity contribution is -0.143. The number of halogens is 4. The topological polar surface area (TPSA) is 58.6 Å². The summed E-state index contributed by atoms with van der Waals surface area (Å²) in [5.41, 5.74) is 0.705. The van der Waals surface area contributed by atoms with Crippen molar-refractivity contribution in [3.8, 4) is 5.75 Å². The highest BCUT2D eigenvalue weighted by Gasteiger charge is 2.31. The SMILES string of the molecule is CCC(C(=O)NC1CCCCC1)N(Cc1ccc(Cl)cc1Cl)C(=O)COc1ccc(Cl)cc1Br. The molecule has 34 heavy (non-hydrogen) atoms. The summed E-state index contributed by atoms with van der Waals surface area (Å²) in [6.07, 6.45) is 5.80. The van der Waals surface area contributed by atoms with Crippen molar-refractivity contribution in [1.29, 1.82) is 0 Å². The number of amides is 2. The third-order valence-electron chi connectivity index (χ3n) is 5.94. The molecule has 0 aliphatic heterocycles. The van der Waals surface area contributed by atoms with Crippen LogP contribution < -0.4 is 10.1 Å². The molecular formula is C25H28BrCl3N2O3. The van der Waals surface area contributed by atoms with E-state index in [4.69, 9.17) is 39.5 Å². The van der Waals surface area contributed by atoms with Crippen molar-refractivity contribution >= 4 is 62.5 Å². The first-order valence-corrected chi connectivity index (χ1v) is 13.3. The van der Waals surface area contributed by atoms with Gasteiger partial charge in [0, 0.05) is 27.7 Å². The van der Waals surface area contributed by atoms with Gasteiger partial charge in [-0.25, -0.2) is 0 Å². The number of rotatable bonds is 9. The molecular weight excluding hydrogens is 563 g/mol. The van der Waals surface area contributed by atoms with Crippen LogP contribution in [0, 0.1) is 0 Å². The minimum Gasteiger partial charge on any atom is -0.483 e. The van der Waals surface area contributed by atoms with Gasteiger partial charge in [0.1, 0.15) is 11.8 Å². The molecule has 0 aromatic heterocycles. The Morgan fingerprint density at radius 2 is 1.76 bits per heavy atom. The van der Waals surface area contributed by atoms with E-state index in [1.165, 1.54) is 11.3 Å². The molecule has 9 heteroatoms. The fourth-order valence-electron chi connectivity index (χ4n) is 4.11. The molecule has 1 atom stereocenters. The van der Waals surface area contributed by atoms with Crippen LogP contribution in [0.15, 0.2) is 40.9 Å². The van der Waals surface area contributed by atoms with E-state index in [1.54, 1.807) is 36.4 Å². The molecule has 0 heterocycles. The van der Waals surface area contributed by atoms with Crippen LogP contribution in [0.5, 0.6) is 5.75 Å². The molecule has 1 N–H and O–H groups in total. The Balaban J connectivity index is 1.80. The predicted octanol–water partition coefficient (Wildman–Crippen LogP) is 7.04. The van der Waals surface area contributed by atoms with E-state index in [0.29, 0.717) is 37.3 Å². The molecule has 1 fully saturated rings. The van der Waals surface area contributed by atoms with Crippen molar-refractivity contribution < 1.29 is 14.3 Å². The second-order valence-corrected chi connectivity index (χ2v) is 10.5. The lowest BCUT2D eigenvalue weighted by Gasteiger charge is -2.33. The second kappa shape index (κ2) is 13.0. The zero-order valence-electron chi connectivity index (χ0n) is 19.0.